The second-order valence-electron chi connectivity index (χ2n) is 6.65. The van der Waals surface area contributed by atoms with Gasteiger partial charge in [0, 0.05) is 12.0 Å². The Labute approximate surface area is 169 Å². The summed E-state index contributed by atoms with van der Waals surface area (Å²) in [6.45, 7) is 0.604. The van der Waals surface area contributed by atoms with Crippen LogP contribution >= 0.6 is 0 Å². The molecule has 8 heteroatoms. The molecule has 2 aromatic carbocycles. The topological polar surface area (TPSA) is 153 Å². The van der Waals surface area contributed by atoms with Gasteiger partial charge in [0.15, 0.2) is 5.78 Å². The summed E-state index contributed by atoms with van der Waals surface area (Å²) < 4.78 is 0. The molecule has 0 saturated heterocycles. The first kappa shape index (κ1) is 22.1. The van der Waals surface area contributed by atoms with Crippen LogP contribution in [-0.4, -0.2) is 35.5 Å². The van der Waals surface area contributed by atoms with E-state index in [1.165, 1.54) is 4.90 Å². The number of carbonyl (C=O) groups excluding carboxylic acids is 2. The van der Waals surface area contributed by atoms with E-state index < -0.39 is 18.0 Å². The highest BCUT2D eigenvalue weighted by Gasteiger charge is 2.27. The van der Waals surface area contributed by atoms with Crippen LogP contribution in [0.5, 0.6) is 0 Å². The van der Waals surface area contributed by atoms with E-state index in [0.717, 1.165) is 18.4 Å². The number of fused-ring (bicyclic) bond motifs is 2. The number of unbranched alkanes of at least 4 members (excludes halogenated alkanes) is 1. The van der Waals surface area contributed by atoms with Gasteiger partial charge in [-0.25, -0.2) is 4.79 Å². The molecule has 1 aliphatic rings. The fraction of sp³-hybridized carbons (Fsp3) is 0.286. The summed E-state index contributed by atoms with van der Waals surface area (Å²) in [5.74, 6) is -0.941. The van der Waals surface area contributed by atoms with Crippen LogP contribution in [0.25, 0.3) is 0 Å². The molecule has 29 heavy (non-hydrogen) atoms. The van der Waals surface area contributed by atoms with E-state index in [-0.39, 0.29) is 12.2 Å². The number of urea groups is 1. The van der Waals surface area contributed by atoms with Crippen LogP contribution < -0.4 is 22.1 Å². The smallest absolute Gasteiger partial charge is 0.323 e. The van der Waals surface area contributed by atoms with Crippen molar-refractivity contribution in [2.24, 2.45) is 17.2 Å². The minimum Gasteiger partial charge on any atom is -0.480 e. The van der Waals surface area contributed by atoms with Crippen LogP contribution in [0.1, 0.15) is 35.2 Å². The highest BCUT2D eigenvalue weighted by molar-refractivity contribution is 6.11. The van der Waals surface area contributed by atoms with Crippen LogP contribution in [-0.2, 0) is 11.2 Å². The number of primary amides is 1. The summed E-state index contributed by atoms with van der Waals surface area (Å²) in [5, 5.41) is 8.33. The summed E-state index contributed by atoms with van der Waals surface area (Å²) in [7, 11) is 0. The van der Waals surface area contributed by atoms with Gasteiger partial charge in [-0.3, -0.25) is 14.5 Å². The summed E-state index contributed by atoms with van der Waals surface area (Å²) in [5.41, 5.74) is 18.5. The predicted molar refractivity (Wildman–Crippen MR) is 111 cm³/mol. The van der Waals surface area contributed by atoms with Crippen molar-refractivity contribution in [3.05, 3.63) is 59.7 Å². The third kappa shape index (κ3) is 5.63. The van der Waals surface area contributed by atoms with Gasteiger partial charge < -0.3 is 22.3 Å². The average molecular weight is 398 g/mol. The molecule has 0 fully saturated rings. The molecule has 8 nitrogen and oxygen atoms in total. The highest BCUT2D eigenvalue weighted by Crippen LogP contribution is 2.35. The minimum absolute atomic E-state index is 0.00759. The van der Waals surface area contributed by atoms with Crippen LogP contribution in [0.3, 0.4) is 0 Å². The van der Waals surface area contributed by atoms with Gasteiger partial charge in [-0.2, -0.15) is 0 Å². The number of hydrogen-bond donors (Lipinski definition) is 4. The Morgan fingerprint density at radius 2 is 1.66 bits per heavy atom. The first-order valence-corrected chi connectivity index (χ1v) is 9.35. The second kappa shape index (κ2) is 10.4. The maximum Gasteiger partial charge on any atom is 0.323 e. The highest BCUT2D eigenvalue weighted by atomic mass is 16.4. The Bertz CT molecular complexity index is 884. The number of benzene rings is 2. The van der Waals surface area contributed by atoms with Gasteiger partial charge >= 0.3 is 12.0 Å². The van der Waals surface area contributed by atoms with E-state index in [0.29, 0.717) is 29.9 Å². The molecular weight excluding hydrogens is 372 g/mol. The third-order valence-corrected chi connectivity index (χ3v) is 4.54. The number of aliphatic carboxylic acids is 1. The molecule has 0 bridgehead atoms. The number of hydrogen-bond acceptors (Lipinski definition) is 5. The number of carbonyl (C=O) groups is 3. The number of anilines is 2. The van der Waals surface area contributed by atoms with Crippen LogP contribution in [0.15, 0.2) is 48.5 Å². The van der Waals surface area contributed by atoms with Gasteiger partial charge in [0.05, 0.1) is 11.4 Å². The number of rotatable bonds is 5. The minimum atomic E-state index is -0.933. The zero-order chi connectivity index (χ0) is 21.4. The predicted octanol–water partition coefficient (Wildman–Crippen LogP) is 2.17. The Balaban J connectivity index is 0.000000257. The van der Waals surface area contributed by atoms with E-state index in [1.807, 2.05) is 18.2 Å². The molecule has 3 rings (SSSR count). The quantitative estimate of drug-likeness (QED) is 0.566. The molecule has 1 heterocycles. The summed E-state index contributed by atoms with van der Waals surface area (Å²) >= 11 is 0. The molecule has 0 saturated carbocycles. The lowest BCUT2D eigenvalue weighted by molar-refractivity contribution is -0.138. The molecule has 0 spiro atoms. The fourth-order valence-electron chi connectivity index (χ4n) is 3.05. The number of amides is 2. The third-order valence-electron chi connectivity index (χ3n) is 4.54. The molecule has 1 aliphatic heterocycles. The van der Waals surface area contributed by atoms with Crippen molar-refractivity contribution in [2.75, 3.05) is 11.4 Å². The lowest BCUT2D eigenvalue weighted by Gasteiger charge is -2.22. The van der Waals surface area contributed by atoms with Crippen LogP contribution in [0.4, 0.5) is 16.2 Å². The Hall–Kier alpha value is -3.23. The van der Waals surface area contributed by atoms with Crippen molar-refractivity contribution in [2.45, 2.75) is 31.7 Å². The number of para-hydroxylation sites is 2. The van der Waals surface area contributed by atoms with Crippen molar-refractivity contribution in [1.82, 2.24) is 0 Å². The first-order valence-electron chi connectivity index (χ1n) is 9.35. The number of Topliss-reactive ketones (excluding diaryl/α,β-unsaturated/α-hetero) is 1. The Morgan fingerprint density at radius 3 is 2.28 bits per heavy atom. The molecule has 154 valence electrons. The van der Waals surface area contributed by atoms with Gasteiger partial charge in [0.2, 0.25) is 0 Å². The molecule has 7 N–H and O–H groups in total. The molecule has 1 atom stereocenters. The van der Waals surface area contributed by atoms with E-state index in [1.54, 1.807) is 30.3 Å². The summed E-state index contributed by atoms with van der Waals surface area (Å²) in [4.78, 5) is 35.6. The largest absolute Gasteiger partial charge is 0.480 e. The van der Waals surface area contributed by atoms with Gasteiger partial charge in [-0.15, -0.1) is 0 Å². The van der Waals surface area contributed by atoms with Crippen molar-refractivity contribution in [3.8, 4) is 0 Å². The number of nitrogens with two attached hydrogens (primary N) is 3. The molecule has 2 amide bonds. The van der Waals surface area contributed by atoms with Crippen molar-refractivity contribution in [1.29, 1.82) is 0 Å². The monoisotopic (exact) mass is 398 g/mol. The summed E-state index contributed by atoms with van der Waals surface area (Å²) in [6.07, 6.45) is 2.44. The molecule has 1 unspecified atom stereocenters. The SMILES string of the molecule is NC(=O)N1c2ccccc2CC(=O)c2ccccc21.NCCCCC(N)C(=O)O. The number of carboxylic acid groups (broad SMARTS) is 1. The number of nitrogens with zero attached hydrogens (tertiary/aromatic N) is 1. The Morgan fingerprint density at radius 1 is 1.03 bits per heavy atom. The number of carboxylic acids is 1. The molecule has 2 aromatic rings. The normalized spacial score (nSPS) is 13.3. The zero-order valence-corrected chi connectivity index (χ0v) is 16.1. The van der Waals surface area contributed by atoms with Crippen LogP contribution in [0.2, 0.25) is 0 Å². The zero-order valence-electron chi connectivity index (χ0n) is 16.1. The van der Waals surface area contributed by atoms with E-state index >= 15 is 0 Å². The second-order valence-corrected chi connectivity index (χ2v) is 6.65. The Kier molecular flexibility index (Phi) is 7.88. The lowest BCUT2D eigenvalue weighted by atomic mass is 10.0. The maximum atomic E-state index is 12.3. The van der Waals surface area contributed by atoms with Crippen molar-refractivity contribution in [3.63, 3.8) is 0 Å². The molecule has 0 aromatic heterocycles. The van der Waals surface area contributed by atoms with Gasteiger partial charge in [-0.1, -0.05) is 36.8 Å². The maximum absolute atomic E-state index is 12.3. The van der Waals surface area contributed by atoms with Crippen LogP contribution in [0, 0.1) is 0 Å². The molecule has 0 radical (unpaired) electrons. The van der Waals surface area contributed by atoms with E-state index in [9.17, 15) is 14.4 Å². The molecule has 0 aliphatic carbocycles. The van der Waals surface area contributed by atoms with Crippen molar-refractivity contribution < 1.29 is 19.5 Å². The summed E-state index contributed by atoms with van der Waals surface area (Å²) in [6, 6.07) is 13.0. The van der Waals surface area contributed by atoms with Gasteiger partial charge in [-0.05, 0) is 43.1 Å². The fourth-order valence-corrected chi connectivity index (χ4v) is 3.05. The number of ketones is 1. The average Bonchev–Trinajstić information content (AvgIpc) is 2.82. The van der Waals surface area contributed by atoms with Gasteiger partial charge in [0.1, 0.15) is 6.04 Å². The van der Waals surface area contributed by atoms with E-state index in [2.05, 4.69) is 0 Å². The standard InChI is InChI=1S/C15H12N2O2.C6H14N2O2/c16-15(19)17-12-7-3-1-5-10(12)9-14(18)11-6-2-4-8-13(11)17;7-4-2-1-3-5(8)6(9)10/h1-8H,9H2,(H2,16,19);5H,1-4,7-8H2,(H,9,10). The van der Waals surface area contributed by atoms with Crippen molar-refractivity contribution >= 4 is 29.2 Å². The lowest BCUT2D eigenvalue weighted by Crippen LogP contribution is -2.32. The van der Waals surface area contributed by atoms with E-state index in [4.69, 9.17) is 22.3 Å². The first-order chi connectivity index (χ1) is 13.9. The van der Waals surface area contributed by atoms with Gasteiger partial charge in [0.25, 0.3) is 0 Å². The molecular formula is C21H26N4O4.